The van der Waals surface area contributed by atoms with E-state index in [9.17, 15) is 13.2 Å². The number of aryl methyl sites for hydroxylation is 1. The Bertz CT molecular complexity index is 264. The molecule has 78 valence electrons. The lowest BCUT2D eigenvalue weighted by molar-refractivity contribution is -0.170. The van der Waals surface area contributed by atoms with Crippen molar-refractivity contribution in [2.45, 2.75) is 25.9 Å². The van der Waals surface area contributed by atoms with Crippen LogP contribution in [-0.2, 0) is 6.42 Å². The van der Waals surface area contributed by atoms with Gasteiger partial charge in [0, 0.05) is 0 Å². The van der Waals surface area contributed by atoms with E-state index in [-0.39, 0.29) is 6.42 Å². The molecule has 0 spiro atoms. The molecule has 0 amide bonds. The first-order valence-corrected chi connectivity index (χ1v) is 4.61. The van der Waals surface area contributed by atoms with Crippen molar-refractivity contribution in [3.63, 3.8) is 0 Å². The highest BCUT2D eigenvalue weighted by Crippen LogP contribution is 2.29. The van der Waals surface area contributed by atoms with Crippen LogP contribution >= 0.6 is 0 Å². The van der Waals surface area contributed by atoms with Crippen LogP contribution in [0.25, 0.3) is 0 Å². The molecular weight excluding hydrogens is 189 g/mol. The molecule has 1 atom stereocenters. The van der Waals surface area contributed by atoms with Gasteiger partial charge < -0.3 is 0 Å². The third-order valence-electron chi connectivity index (χ3n) is 2.27. The molecule has 0 fully saturated rings. The molecule has 0 saturated heterocycles. The average Bonchev–Trinajstić information content (AvgIpc) is 2.14. The minimum Gasteiger partial charge on any atom is -0.171 e. The lowest BCUT2D eigenvalue weighted by atomic mass is 10.0. The highest BCUT2D eigenvalue weighted by molar-refractivity contribution is 5.14. The van der Waals surface area contributed by atoms with Gasteiger partial charge in [-0.1, -0.05) is 37.3 Å². The van der Waals surface area contributed by atoms with Crippen LogP contribution in [0.1, 0.15) is 18.9 Å². The van der Waals surface area contributed by atoms with Crippen LogP contribution in [-0.4, -0.2) is 6.18 Å². The average molecular weight is 202 g/mol. The topological polar surface area (TPSA) is 0 Å². The van der Waals surface area contributed by atoms with Crippen molar-refractivity contribution in [3.8, 4) is 0 Å². The number of hydrogen-bond donors (Lipinski definition) is 0. The number of benzene rings is 1. The fraction of sp³-hybridized carbons (Fsp3) is 0.455. The molecule has 0 aromatic heterocycles. The van der Waals surface area contributed by atoms with E-state index < -0.39 is 12.1 Å². The maximum absolute atomic E-state index is 12.2. The van der Waals surface area contributed by atoms with Gasteiger partial charge in [-0.25, -0.2) is 0 Å². The summed E-state index contributed by atoms with van der Waals surface area (Å²) in [5.41, 5.74) is 0.962. The fourth-order valence-electron chi connectivity index (χ4n) is 1.19. The van der Waals surface area contributed by atoms with E-state index in [1.807, 2.05) is 30.3 Å². The van der Waals surface area contributed by atoms with Crippen LogP contribution in [0.5, 0.6) is 0 Å². The normalized spacial score (nSPS) is 14.0. The number of halogens is 3. The zero-order valence-corrected chi connectivity index (χ0v) is 8.01. The molecule has 0 radical (unpaired) electrons. The molecule has 1 aromatic carbocycles. The second-order valence-corrected chi connectivity index (χ2v) is 3.47. The molecule has 0 nitrogen and oxygen atoms in total. The minimum atomic E-state index is -4.06. The van der Waals surface area contributed by atoms with Gasteiger partial charge >= 0.3 is 6.18 Å². The van der Waals surface area contributed by atoms with Crippen LogP contribution in [0.2, 0.25) is 0 Å². The van der Waals surface area contributed by atoms with E-state index in [2.05, 4.69) is 0 Å². The van der Waals surface area contributed by atoms with Crippen LogP contribution in [0.3, 0.4) is 0 Å². The standard InChI is InChI=1S/C11H13F3/c1-9(11(12,13)14)7-8-10-5-3-2-4-6-10/h2-6,9H,7-8H2,1H3. The molecule has 1 unspecified atom stereocenters. The largest absolute Gasteiger partial charge is 0.391 e. The van der Waals surface area contributed by atoms with Gasteiger partial charge in [0.05, 0.1) is 5.92 Å². The Hall–Kier alpha value is -0.990. The number of hydrogen-bond acceptors (Lipinski definition) is 0. The Labute approximate surface area is 81.8 Å². The predicted molar refractivity (Wildman–Crippen MR) is 50.0 cm³/mol. The van der Waals surface area contributed by atoms with Gasteiger partial charge in [-0.3, -0.25) is 0 Å². The predicted octanol–water partition coefficient (Wildman–Crippen LogP) is 3.82. The second-order valence-electron chi connectivity index (χ2n) is 3.47. The summed E-state index contributed by atoms with van der Waals surface area (Å²) in [5.74, 6) is -1.22. The first-order chi connectivity index (χ1) is 6.50. The summed E-state index contributed by atoms with van der Waals surface area (Å²) >= 11 is 0. The van der Waals surface area contributed by atoms with E-state index in [0.717, 1.165) is 5.56 Å². The summed E-state index contributed by atoms with van der Waals surface area (Å²) < 4.78 is 36.5. The fourth-order valence-corrected chi connectivity index (χ4v) is 1.19. The third kappa shape index (κ3) is 3.40. The SMILES string of the molecule is CC(CCc1ccccc1)C(F)(F)F. The van der Waals surface area contributed by atoms with E-state index >= 15 is 0 Å². The molecule has 0 saturated carbocycles. The van der Waals surface area contributed by atoms with Crippen LogP contribution < -0.4 is 0 Å². The van der Waals surface area contributed by atoms with Gasteiger partial charge in [-0.15, -0.1) is 0 Å². The van der Waals surface area contributed by atoms with Crippen molar-refractivity contribution < 1.29 is 13.2 Å². The first kappa shape index (κ1) is 11.1. The Morgan fingerprint density at radius 2 is 1.71 bits per heavy atom. The zero-order chi connectivity index (χ0) is 10.6. The summed E-state index contributed by atoms with van der Waals surface area (Å²) in [6.45, 7) is 1.23. The van der Waals surface area contributed by atoms with Gasteiger partial charge in [0.2, 0.25) is 0 Å². The van der Waals surface area contributed by atoms with E-state index in [1.54, 1.807) is 0 Å². The molecule has 0 aliphatic heterocycles. The molecule has 0 heterocycles. The lowest BCUT2D eigenvalue weighted by Crippen LogP contribution is -2.20. The van der Waals surface area contributed by atoms with Crippen molar-refractivity contribution in [1.82, 2.24) is 0 Å². The van der Waals surface area contributed by atoms with Crippen LogP contribution in [0.4, 0.5) is 13.2 Å². The smallest absolute Gasteiger partial charge is 0.171 e. The van der Waals surface area contributed by atoms with Crippen molar-refractivity contribution in [3.05, 3.63) is 35.9 Å². The zero-order valence-electron chi connectivity index (χ0n) is 8.01. The molecule has 0 aliphatic rings. The monoisotopic (exact) mass is 202 g/mol. The maximum atomic E-state index is 12.2. The summed E-state index contributed by atoms with van der Waals surface area (Å²) in [4.78, 5) is 0. The summed E-state index contributed by atoms with van der Waals surface area (Å²) in [6.07, 6.45) is -3.41. The lowest BCUT2D eigenvalue weighted by Gasteiger charge is -2.14. The number of alkyl halides is 3. The minimum absolute atomic E-state index is 0.160. The highest BCUT2D eigenvalue weighted by Gasteiger charge is 2.35. The van der Waals surface area contributed by atoms with Crippen LogP contribution in [0.15, 0.2) is 30.3 Å². The molecule has 1 rings (SSSR count). The van der Waals surface area contributed by atoms with Crippen molar-refractivity contribution in [2.24, 2.45) is 5.92 Å². The molecule has 0 aliphatic carbocycles. The molecule has 0 bridgehead atoms. The van der Waals surface area contributed by atoms with Crippen LogP contribution in [0, 0.1) is 5.92 Å². The summed E-state index contributed by atoms with van der Waals surface area (Å²) in [5, 5.41) is 0. The van der Waals surface area contributed by atoms with Gasteiger partial charge in [-0.2, -0.15) is 13.2 Å². The van der Waals surface area contributed by atoms with E-state index in [1.165, 1.54) is 6.92 Å². The Morgan fingerprint density at radius 1 is 1.14 bits per heavy atom. The summed E-state index contributed by atoms with van der Waals surface area (Å²) in [7, 11) is 0. The highest BCUT2D eigenvalue weighted by atomic mass is 19.4. The quantitative estimate of drug-likeness (QED) is 0.699. The summed E-state index contributed by atoms with van der Waals surface area (Å²) in [6, 6.07) is 9.24. The van der Waals surface area contributed by atoms with E-state index in [4.69, 9.17) is 0 Å². The molecule has 14 heavy (non-hydrogen) atoms. The van der Waals surface area contributed by atoms with Crippen molar-refractivity contribution >= 4 is 0 Å². The first-order valence-electron chi connectivity index (χ1n) is 4.61. The molecular formula is C11H13F3. The Balaban J connectivity index is 2.42. The van der Waals surface area contributed by atoms with Crippen molar-refractivity contribution in [2.75, 3.05) is 0 Å². The Morgan fingerprint density at radius 3 is 2.21 bits per heavy atom. The molecule has 1 aromatic rings. The van der Waals surface area contributed by atoms with Gasteiger partial charge in [-0.05, 0) is 18.4 Å². The maximum Gasteiger partial charge on any atom is 0.391 e. The van der Waals surface area contributed by atoms with Gasteiger partial charge in [0.1, 0.15) is 0 Å². The Kier molecular flexibility index (Phi) is 3.55. The molecule has 3 heteroatoms. The second kappa shape index (κ2) is 4.49. The van der Waals surface area contributed by atoms with Crippen molar-refractivity contribution in [1.29, 1.82) is 0 Å². The third-order valence-corrected chi connectivity index (χ3v) is 2.27. The van der Waals surface area contributed by atoms with Gasteiger partial charge in [0.15, 0.2) is 0 Å². The number of rotatable bonds is 3. The van der Waals surface area contributed by atoms with E-state index in [0.29, 0.717) is 6.42 Å². The van der Waals surface area contributed by atoms with Gasteiger partial charge in [0.25, 0.3) is 0 Å². The molecule has 0 N–H and O–H groups in total.